The molecule has 0 aromatic heterocycles. The molecule has 27 heavy (non-hydrogen) atoms. The second kappa shape index (κ2) is 254. The minimum Gasteiger partial charge on any atom is -0.0776 e. The predicted octanol–water partition coefficient (Wildman–Crippen LogP) is 13.0. The Labute approximate surface area is 183 Å². The Morgan fingerprint density at radius 1 is 0.222 bits per heavy atom. The van der Waals surface area contributed by atoms with Gasteiger partial charge in [0.05, 0.1) is 0 Å². The van der Waals surface area contributed by atoms with Gasteiger partial charge in [0, 0.05) is 0 Å². The van der Waals surface area contributed by atoms with Crippen molar-refractivity contribution in [1.29, 1.82) is 0 Å². The number of hydrogen-bond acceptors (Lipinski definition) is 0. The molecule has 0 spiro atoms. The lowest BCUT2D eigenvalue weighted by molar-refractivity contribution is 1.09. The fourth-order valence-electron chi connectivity index (χ4n) is 0. The van der Waals surface area contributed by atoms with E-state index < -0.39 is 0 Å². The summed E-state index contributed by atoms with van der Waals surface area (Å²) in [6.07, 6.45) is 10.0. The molecule has 0 aliphatic carbocycles. The highest BCUT2D eigenvalue weighted by atomic mass is 13.4. The molecule has 0 atom stereocenters. The van der Waals surface area contributed by atoms with E-state index in [0.29, 0.717) is 0 Å². The van der Waals surface area contributed by atoms with Gasteiger partial charge in [-0.25, -0.2) is 0 Å². The largest absolute Gasteiger partial charge is 0.0776 e. The minimum absolute atomic E-state index is 0. The van der Waals surface area contributed by atoms with Gasteiger partial charge in [-0.05, 0) is 0 Å². The van der Waals surface area contributed by atoms with Gasteiger partial charge in [0.15, 0.2) is 0 Å². The molecule has 0 nitrogen and oxygen atoms in total. The second-order valence-corrected chi connectivity index (χ2v) is 5.66. The van der Waals surface area contributed by atoms with Gasteiger partial charge in [0.1, 0.15) is 0 Å². The summed E-state index contributed by atoms with van der Waals surface area (Å²) in [5, 5.41) is 0. The van der Waals surface area contributed by atoms with Gasteiger partial charge in [-0.3, -0.25) is 0 Å². The summed E-state index contributed by atoms with van der Waals surface area (Å²) in [5.74, 6) is 0. The Bertz CT molecular complexity index is 24.0. The van der Waals surface area contributed by atoms with E-state index in [1.54, 1.807) is 0 Å². The summed E-state index contributed by atoms with van der Waals surface area (Å²) >= 11 is 0. The molecule has 0 saturated carbocycles. The molecule has 182 valence electrons. The maximum Gasteiger partial charge on any atom is -0.0590 e. The Morgan fingerprint density at radius 2 is 0.222 bits per heavy atom. The molecule has 0 rings (SSSR count). The van der Waals surface area contributed by atoms with Crippen LogP contribution in [0.1, 0.15) is 183 Å². The maximum absolute atomic E-state index is 2.12. The lowest BCUT2D eigenvalue weighted by atomic mass is 10.6. The highest BCUT2D eigenvalue weighted by Gasteiger charge is 1.37. The lowest BCUT2D eigenvalue weighted by Crippen LogP contribution is -1.27. The molecule has 0 N–H and O–H groups in total. The van der Waals surface area contributed by atoms with Crippen LogP contribution in [-0.2, 0) is 0 Å². The maximum atomic E-state index is 2.12. The Kier molecular flexibility index (Phi) is 594. The van der Waals surface area contributed by atoms with Crippen LogP contribution >= 0.6 is 0 Å². The summed E-state index contributed by atoms with van der Waals surface area (Å²) in [5.41, 5.74) is 0. The fourth-order valence-corrected chi connectivity index (χ4v) is 0. The van der Waals surface area contributed by atoms with Gasteiger partial charge in [0.25, 0.3) is 0 Å². The Morgan fingerprint density at radius 3 is 0.222 bits per heavy atom. The first-order chi connectivity index (χ1) is 12.3. The fraction of sp³-hybridized carbons (Fsp3) is 1.00. The van der Waals surface area contributed by atoms with Crippen LogP contribution in [0.25, 0.3) is 0 Å². The van der Waals surface area contributed by atoms with Crippen LogP contribution in [0.15, 0.2) is 0 Å². The van der Waals surface area contributed by atoms with Crippen molar-refractivity contribution in [3.05, 3.63) is 0 Å². The molecular formula is C27H74. The number of rotatable bonds is 0. The van der Waals surface area contributed by atoms with Crippen LogP contribution in [-0.4, -0.2) is 0 Å². The normalized spacial score (nSPS) is 5.56. The first-order valence-corrected chi connectivity index (χ1v) is 12.3. The second-order valence-electron chi connectivity index (χ2n) is 5.66. The van der Waals surface area contributed by atoms with E-state index in [1.165, 1.54) is 51.4 Å². The van der Waals surface area contributed by atoms with Crippen LogP contribution in [0.5, 0.6) is 0 Å². The van der Waals surface area contributed by atoms with Gasteiger partial charge in [-0.1, -0.05) is 183 Å². The smallest absolute Gasteiger partial charge is 0.0590 e. The molecule has 0 fully saturated rings. The van der Waals surface area contributed by atoms with Crippen LogP contribution in [0.4, 0.5) is 0 Å². The summed E-state index contributed by atoms with van der Waals surface area (Å²) in [4.78, 5) is 0. The van der Waals surface area contributed by atoms with Crippen LogP contribution in [0.3, 0.4) is 0 Å². The molecule has 0 bridgehead atoms. The van der Waals surface area contributed by atoms with E-state index in [-0.39, 0.29) is 7.43 Å². The van der Waals surface area contributed by atoms with Gasteiger partial charge in [-0.15, -0.1) is 0 Å². The van der Waals surface area contributed by atoms with E-state index in [1.807, 2.05) is 13.8 Å². The summed E-state index contributed by atoms with van der Waals surface area (Å²) in [6, 6.07) is 0. The van der Waals surface area contributed by atoms with E-state index in [0.717, 1.165) is 0 Å². The van der Waals surface area contributed by atoms with Crippen LogP contribution in [0.2, 0.25) is 0 Å². The third-order valence-electron chi connectivity index (χ3n) is 0. The van der Waals surface area contributed by atoms with E-state index in [9.17, 15) is 0 Å². The molecule has 0 aliphatic heterocycles. The molecule has 0 aliphatic rings. The van der Waals surface area contributed by atoms with Crippen molar-refractivity contribution in [2.75, 3.05) is 0 Å². The Balaban J connectivity index is -0.0000000150. The molecule has 0 amide bonds. The van der Waals surface area contributed by atoms with Crippen LogP contribution in [0, 0.1) is 0 Å². The molecule has 0 radical (unpaired) electrons. The van der Waals surface area contributed by atoms with Crippen LogP contribution < -0.4 is 0 Å². The summed E-state index contributed by atoms with van der Waals surface area (Å²) in [7, 11) is 0. The monoisotopic (exact) mass is 399 g/mol. The molecule has 0 saturated heterocycles. The molecule has 0 unspecified atom stereocenters. The van der Waals surface area contributed by atoms with Crippen molar-refractivity contribution in [3.8, 4) is 0 Å². The highest BCUT2D eigenvalue weighted by molar-refractivity contribution is 3.94. The molecule has 0 heterocycles. The first-order valence-electron chi connectivity index (χ1n) is 12.3. The van der Waals surface area contributed by atoms with Crippen molar-refractivity contribution in [2.24, 2.45) is 0 Å². The van der Waals surface area contributed by atoms with Gasteiger partial charge in [-0.2, -0.15) is 0 Å². The molecule has 0 aromatic carbocycles. The molecular weight excluding hydrogens is 324 g/mol. The van der Waals surface area contributed by atoms with Gasteiger partial charge < -0.3 is 0 Å². The highest BCUT2D eigenvalue weighted by Crippen LogP contribution is 1.58. The third-order valence-corrected chi connectivity index (χ3v) is 0. The Hall–Kier alpha value is 0. The zero-order valence-corrected chi connectivity index (χ0v) is 23.7. The number of hydrogen-bond donors (Lipinski definition) is 0. The molecule has 0 heteroatoms. The molecule has 0 aromatic rings. The van der Waals surface area contributed by atoms with Crippen molar-refractivity contribution < 1.29 is 0 Å². The first kappa shape index (κ1) is 63.2. The van der Waals surface area contributed by atoms with E-state index >= 15 is 0 Å². The standard InChI is InChI=1S/8C3H8.C2H6.CH4/c8*1-3-2;1-2;/h8*3H2,1-2H3;1-2H3;1H4. The van der Waals surface area contributed by atoms with Crippen molar-refractivity contribution in [2.45, 2.75) is 183 Å². The van der Waals surface area contributed by atoms with E-state index in [4.69, 9.17) is 0 Å². The third kappa shape index (κ3) is 0. The van der Waals surface area contributed by atoms with Gasteiger partial charge in [0.2, 0.25) is 0 Å². The van der Waals surface area contributed by atoms with Crippen molar-refractivity contribution in [1.82, 2.24) is 0 Å². The summed E-state index contributed by atoms with van der Waals surface area (Å²) < 4.78 is 0. The van der Waals surface area contributed by atoms with Crippen molar-refractivity contribution in [3.63, 3.8) is 0 Å². The zero-order chi connectivity index (χ0) is 23.7. The minimum atomic E-state index is 0. The van der Waals surface area contributed by atoms with Crippen molar-refractivity contribution >= 4 is 0 Å². The topological polar surface area (TPSA) is 0 Å². The average Bonchev–Trinajstić information content (AvgIpc) is 2.55. The summed E-state index contributed by atoms with van der Waals surface area (Å²) in [6.45, 7) is 38.0. The lowest BCUT2D eigenvalue weighted by Gasteiger charge is -1.48. The zero-order valence-electron chi connectivity index (χ0n) is 23.7. The predicted molar refractivity (Wildman–Crippen MR) is 146 cm³/mol. The average molecular weight is 399 g/mol. The SMILES string of the molecule is C.CC.CCC.CCC.CCC.CCC.CCC.CCC.CCC.CCC. The van der Waals surface area contributed by atoms with E-state index in [2.05, 4.69) is 111 Å². The quantitative estimate of drug-likeness (QED) is 0.380. The van der Waals surface area contributed by atoms with Gasteiger partial charge >= 0.3 is 0 Å².